The minimum atomic E-state index is 1.00. The molecule has 1 aliphatic heterocycles. The van der Waals surface area contributed by atoms with Crippen LogP contribution in [-0.2, 0) is 0 Å². The lowest BCUT2D eigenvalue weighted by atomic mass is 10.2. The molecule has 1 aromatic heterocycles. The number of benzene rings is 2. The van der Waals surface area contributed by atoms with E-state index in [0.29, 0.717) is 0 Å². The Morgan fingerprint density at radius 3 is 2.86 bits per heavy atom. The minimum Gasteiger partial charge on any atom is -0.447 e. The number of ether oxygens (including phenoxy) is 1. The highest BCUT2D eigenvalue weighted by atomic mass is 16.6. The molecule has 0 saturated carbocycles. The average Bonchev–Trinajstić information content (AvgIpc) is 2.92. The zero-order valence-corrected chi connectivity index (χ0v) is 7.37. The molecule has 14 heavy (non-hydrogen) atoms. The molecule has 0 bridgehead atoms. The third-order valence-corrected chi connectivity index (χ3v) is 2.77. The van der Waals surface area contributed by atoms with Crippen molar-refractivity contribution in [1.29, 1.82) is 0 Å². The molecule has 0 fully saturated rings. The van der Waals surface area contributed by atoms with Crippen LogP contribution >= 0.6 is 0 Å². The van der Waals surface area contributed by atoms with Gasteiger partial charge in [0.1, 0.15) is 0 Å². The molecular weight excluding hydrogens is 174 g/mol. The quantitative estimate of drug-likeness (QED) is 0.413. The fourth-order valence-electron chi connectivity index (χ4n) is 2.04. The van der Waals surface area contributed by atoms with E-state index in [2.05, 4.69) is 29.2 Å². The smallest absolute Gasteiger partial charge is 0.194 e. The second-order valence-electron chi connectivity index (χ2n) is 3.59. The second kappa shape index (κ2) is 1.93. The lowest BCUT2D eigenvalue weighted by Gasteiger charge is -1.86. The Morgan fingerprint density at radius 1 is 0.929 bits per heavy atom. The van der Waals surface area contributed by atoms with Gasteiger partial charge in [0.2, 0.25) is 0 Å². The fraction of sp³-hybridized carbons (Fsp3) is 0. The number of para-hydroxylation sites is 1. The molecule has 2 aromatic carbocycles. The summed E-state index contributed by atoms with van der Waals surface area (Å²) in [6.45, 7) is 0. The highest BCUT2D eigenvalue weighted by molar-refractivity contribution is 6.11. The molecule has 0 spiro atoms. The molecule has 66 valence electrons. The van der Waals surface area contributed by atoms with Crippen LogP contribution < -0.4 is 4.74 Å². The molecule has 1 N–H and O–H groups in total. The highest BCUT2D eigenvalue weighted by Crippen LogP contribution is 2.51. The Bertz CT molecular complexity index is 666. The molecular formula is C12H7NO. The van der Waals surface area contributed by atoms with E-state index in [1.165, 1.54) is 16.3 Å². The van der Waals surface area contributed by atoms with Gasteiger partial charge < -0.3 is 9.72 Å². The van der Waals surface area contributed by atoms with Crippen LogP contribution in [0.5, 0.6) is 11.5 Å². The van der Waals surface area contributed by atoms with Crippen molar-refractivity contribution in [2.45, 2.75) is 0 Å². The van der Waals surface area contributed by atoms with Crippen LogP contribution in [0.1, 0.15) is 0 Å². The van der Waals surface area contributed by atoms with Gasteiger partial charge in [-0.3, -0.25) is 0 Å². The van der Waals surface area contributed by atoms with E-state index in [0.717, 1.165) is 17.0 Å². The Hall–Kier alpha value is -1.96. The summed E-state index contributed by atoms with van der Waals surface area (Å²) >= 11 is 0. The monoisotopic (exact) mass is 181 g/mol. The summed E-state index contributed by atoms with van der Waals surface area (Å²) in [5.41, 5.74) is 2.30. The van der Waals surface area contributed by atoms with Crippen molar-refractivity contribution in [3.63, 3.8) is 0 Å². The maximum atomic E-state index is 5.35. The number of hydrogen-bond donors (Lipinski definition) is 1. The van der Waals surface area contributed by atoms with Crippen LogP contribution in [-0.4, -0.2) is 4.98 Å². The predicted octanol–water partition coefficient (Wildman–Crippen LogP) is 3.43. The summed E-state index contributed by atoms with van der Waals surface area (Å²) < 4.78 is 5.35. The first-order chi connectivity index (χ1) is 6.93. The summed E-state index contributed by atoms with van der Waals surface area (Å²) in [7, 11) is 0. The Labute approximate surface area is 80.1 Å². The molecule has 1 aliphatic rings. The largest absolute Gasteiger partial charge is 0.447 e. The molecule has 2 nitrogen and oxygen atoms in total. The number of fused-ring (bicyclic) bond motifs is 5. The summed E-state index contributed by atoms with van der Waals surface area (Å²) in [6.07, 6.45) is 0. The van der Waals surface area contributed by atoms with Gasteiger partial charge in [-0.25, -0.2) is 0 Å². The van der Waals surface area contributed by atoms with Crippen molar-refractivity contribution in [3.05, 3.63) is 36.4 Å². The van der Waals surface area contributed by atoms with E-state index < -0.39 is 0 Å². The molecule has 0 unspecified atom stereocenters. The van der Waals surface area contributed by atoms with Crippen molar-refractivity contribution >= 4 is 21.8 Å². The van der Waals surface area contributed by atoms with Crippen LogP contribution in [0.25, 0.3) is 21.8 Å². The zero-order chi connectivity index (χ0) is 9.12. The minimum absolute atomic E-state index is 1.00. The van der Waals surface area contributed by atoms with Gasteiger partial charge in [0.25, 0.3) is 0 Å². The fourth-order valence-corrected chi connectivity index (χ4v) is 2.04. The van der Waals surface area contributed by atoms with E-state index in [9.17, 15) is 0 Å². The normalized spacial score (nSPS) is 12.9. The molecule has 2 heterocycles. The van der Waals surface area contributed by atoms with E-state index in [4.69, 9.17) is 4.74 Å². The third kappa shape index (κ3) is 0.632. The lowest BCUT2D eigenvalue weighted by Crippen LogP contribution is -1.63. The van der Waals surface area contributed by atoms with Gasteiger partial charge in [-0.1, -0.05) is 18.2 Å². The topological polar surface area (TPSA) is 28.3 Å². The predicted molar refractivity (Wildman–Crippen MR) is 55.9 cm³/mol. The van der Waals surface area contributed by atoms with Crippen molar-refractivity contribution in [1.82, 2.24) is 4.98 Å². The number of nitrogens with one attached hydrogen (secondary N) is 1. The van der Waals surface area contributed by atoms with Gasteiger partial charge in [0.15, 0.2) is 11.5 Å². The van der Waals surface area contributed by atoms with E-state index in [1.54, 1.807) is 0 Å². The summed E-state index contributed by atoms with van der Waals surface area (Å²) in [5, 5.41) is 2.51. The summed E-state index contributed by atoms with van der Waals surface area (Å²) in [5.74, 6) is 2.02. The SMILES string of the molecule is c1ccc2c(c1)[nH]c1c3c(ccc12)O3. The second-order valence-corrected chi connectivity index (χ2v) is 3.59. The average molecular weight is 181 g/mol. The first-order valence-electron chi connectivity index (χ1n) is 4.65. The standard InChI is InChI=1S/C12H7NO/c1-2-4-9-7(3-1)8-5-6-10-12(14-10)11(8)13-9/h1-6,13H. The van der Waals surface area contributed by atoms with Gasteiger partial charge in [-0.05, 0) is 18.2 Å². The van der Waals surface area contributed by atoms with Gasteiger partial charge in [-0.15, -0.1) is 0 Å². The number of rotatable bonds is 0. The molecule has 0 atom stereocenters. The molecule has 0 radical (unpaired) electrons. The van der Waals surface area contributed by atoms with Crippen LogP contribution in [0.3, 0.4) is 0 Å². The van der Waals surface area contributed by atoms with Crippen molar-refractivity contribution in [2.75, 3.05) is 0 Å². The first kappa shape index (κ1) is 6.49. The van der Waals surface area contributed by atoms with Crippen LogP contribution in [0.4, 0.5) is 0 Å². The Balaban J connectivity index is 2.36. The molecule has 2 heteroatoms. The van der Waals surface area contributed by atoms with Crippen LogP contribution in [0.15, 0.2) is 36.4 Å². The molecule has 0 saturated heterocycles. The van der Waals surface area contributed by atoms with E-state index in [1.807, 2.05) is 12.1 Å². The first-order valence-corrected chi connectivity index (χ1v) is 4.65. The highest BCUT2D eigenvalue weighted by Gasteiger charge is 2.24. The maximum absolute atomic E-state index is 5.35. The number of H-pyrrole nitrogens is 1. The van der Waals surface area contributed by atoms with E-state index in [-0.39, 0.29) is 0 Å². The van der Waals surface area contributed by atoms with Crippen LogP contribution in [0, 0.1) is 0 Å². The van der Waals surface area contributed by atoms with Gasteiger partial charge in [0, 0.05) is 16.3 Å². The molecule has 0 aliphatic carbocycles. The summed E-state index contributed by atoms with van der Waals surface area (Å²) in [4.78, 5) is 3.37. The van der Waals surface area contributed by atoms with Crippen LogP contribution in [0.2, 0.25) is 0 Å². The number of aromatic nitrogens is 1. The van der Waals surface area contributed by atoms with Gasteiger partial charge in [-0.2, -0.15) is 0 Å². The lowest BCUT2D eigenvalue weighted by molar-refractivity contribution is 0.652. The van der Waals surface area contributed by atoms with Gasteiger partial charge in [0.05, 0.1) is 5.52 Å². The maximum Gasteiger partial charge on any atom is 0.194 e. The zero-order valence-electron chi connectivity index (χ0n) is 7.37. The van der Waals surface area contributed by atoms with E-state index >= 15 is 0 Å². The Morgan fingerprint density at radius 2 is 1.86 bits per heavy atom. The number of aromatic amines is 1. The Kier molecular flexibility index (Phi) is 0.892. The molecule has 4 rings (SSSR count). The van der Waals surface area contributed by atoms with Gasteiger partial charge >= 0.3 is 0 Å². The third-order valence-electron chi connectivity index (χ3n) is 2.77. The van der Waals surface area contributed by atoms with Crippen molar-refractivity contribution < 1.29 is 4.74 Å². The molecule has 3 aromatic rings. The van der Waals surface area contributed by atoms with Crippen molar-refractivity contribution in [2.24, 2.45) is 0 Å². The molecule has 0 amide bonds. The van der Waals surface area contributed by atoms with Crippen molar-refractivity contribution in [3.8, 4) is 11.5 Å². The summed E-state index contributed by atoms with van der Waals surface area (Å²) in [6, 6.07) is 12.4. The number of hydrogen-bond acceptors (Lipinski definition) is 1.